The lowest BCUT2D eigenvalue weighted by molar-refractivity contribution is -0.180. The molecule has 0 aromatic heterocycles. The summed E-state index contributed by atoms with van der Waals surface area (Å²) in [5, 5.41) is 0. The number of sulfonamides is 1. The number of benzene rings is 1. The molecule has 1 aliphatic heterocycles. The van der Waals surface area contributed by atoms with Crippen LogP contribution in [0.25, 0.3) is 0 Å². The maximum absolute atomic E-state index is 12.0. The molecule has 0 amide bonds. The van der Waals surface area contributed by atoms with E-state index in [9.17, 15) is 8.42 Å². The lowest BCUT2D eigenvalue weighted by Crippen LogP contribution is -2.32. The van der Waals surface area contributed by atoms with Gasteiger partial charge in [-0.05, 0) is 18.9 Å². The molecule has 1 saturated heterocycles. The standard InChI is InChI=1S/C14H21NO4S/c1-12-4-2-5-13(10-12)11-20(16,17)15-7-6-14-18-8-3-9-19-14/h2,4-5,10,14-15H,3,6-9,11H2,1H3. The SMILES string of the molecule is Cc1cccc(CS(=O)(=O)NCCC2OCCCO2)c1. The zero-order valence-corrected chi connectivity index (χ0v) is 12.5. The Morgan fingerprint density at radius 2 is 2.05 bits per heavy atom. The highest BCUT2D eigenvalue weighted by atomic mass is 32.2. The van der Waals surface area contributed by atoms with E-state index >= 15 is 0 Å². The summed E-state index contributed by atoms with van der Waals surface area (Å²) >= 11 is 0. The zero-order chi connectivity index (χ0) is 14.4. The molecule has 1 aliphatic rings. The predicted molar refractivity (Wildman–Crippen MR) is 76.7 cm³/mol. The average Bonchev–Trinajstić information content (AvgIpc) is 2.39. The molecular formula is C14H21NO4S. The minimum Gasteiger partial charge on any atom is -0.353 e. The normalized spacial score (nSPS) is 17.2. The van der Waals surface area contributed by atoms with Crippen molar-refractivity contribution in [2.45, 2.75) is 31.8 Å². The smallest absolute Gasteiger partial charge is 0.215 e. The lowest BCUT2D eigenvalue weighted by Gasteiger charge is -2.23. The lowest BCUT2D eigenvalue weighted by atomic mass is 10.2. The van der Waals surface area contributed by atoms with Crippen LogP contribution in [0.15, 0.2) is 24.3 Å². The van der Waals surface area contributed by atoms with Crippen LogP contribution in [0, 0.1) is 6.92 Å². The third-order valence-electron chi connectivity index (χ3n) is 3.04. The number of ether oxygens (including phenoxy) is 2. The van der Waals surface area contributed by atoms with E-state index in [0.29, 0.717) is 26.2 Å². The Morgan fingerprint density at radius 3 is 2.75 bits per heavy atom. The van der Waals surface area contributed by atoms with Gasteiger partial charge in [0.2, 0.25) is 10.0 Å². The third-order valence-corrected chi connectivity index (χ3v) is 4.39. The molecule has 0 atom stereocenters. The van der Waals surface area contributed by atoms with Crippen molar-refractivity contribution in [3.8, 4) is 0 Å². The molecule has 0 spiro atoms. The van der Waals surface area contributed by atoms with Gasteiger partial charge in [-0.15, -0.1) is 0 Å². The molecule has 1 heterocycles. The second kappa shape index (κ2) is 7.17. The first-order valence-corrected chi connectivity index (χ1v) is 8.46. The minimum absolute atomic E-state index is 0.00105. The highest BCUT2D eigenvalue weighted by molar-refractivity contribution is 7.88. The summed E-state index contributed by atoms with van der Waals surface area (Å²) in [4.78, 5) is 0. The van der Waals surface area contributed by atoms with E-state index in [1.54, 1.807) is 0 Å². The van der Waals surface area contributed by atoms with E-state index in [-0.39, 0.29) is 12.0 Å². The Hall–Kier alpha value is -0.950. The highest BCUT2D eigenvalue weighted by Crippen LogP contribution is 2.10. The van der Waals surface area contributed by atoms with Gasteiger partial charge in [-0.3, -0.25) is 0 Å². The monoisotopic (exact) mass is 299 g/mol. The van der Waals surface area contributed by atoms with E-state index in [4.69, 9.17) is 9.47 Å². The van der Waals surface area contributed by atoms with Crippen molar-refractivity contribution in [1.29, 1.82) is 0 Å². The minimum atomic E-state index is -3.31. The van der Waals surface area contributed by atoms with Crippen LogP contribution in [-0.2, 0) is 25.2 Å². The third kappa shape index (κ3) is 5.20. The summed E-state index contributed by atoms with van der Waals surface area (Å²) in [6, 6.07) is 7.51. The van der Waals surface area contributed by atoms with E-state index in [0.717, 1.165) is 17.5 Å². The summed E-state index contributed by atoms with van der Waals surface area (Å²) in [7, 11) is -3.31. The number of nitrogens with one attached hydrogen (secondary N) is 1. The fourth-order valence-electron chi connectivity index (χ4n) is 2.11. The molecule has 0 radical (unpaired) electrons. The van der Waals surface area contributed by atoms with Crippen molar-refractivity contribution in [2.24, 2.45) is 0 Å². The van der Waals surface area contributed by atoms with Crippen LogP contribution in [0.2, 0.25) is 0 Å². The van der Waals surface area contributed by atoms with Gasteiger partial charge in [-0.2, -0.15) is 0 Å². The van der Waals surface area contributed by atoms with Crippen molar-refractivity contribution in [2.75, 3.05) is 19.8 Å². The van der Waals surface area contributed by atoms with Gasteiger partial charge in [0.25, 0.3) is 0 Å². The molecular weight excluding hydrogens is 278 g/mol. The van der Waals surface area contributed by atoms with E-state index in [2.05, 4.69) is 4.72 Å². The number of hydrogen-bond acceptors (Lipinski definition) is 4. The topological polar surface area (TPSA) is 64.6 Å². The second-order valence-electron chi connectivity index (χ2n) is 4.96. The molecule has 5 nitrogen and oxygen atoms in total. The van der Waals surface area contributed by atoms with Gasteiger partial charge in [0.15, 0.2) is 6.29 Å². The zero-order valence-electron chi connectivity index (χ0n) is 11.7. The van der Waals surface area contributed by atoms with Crippen molar-refractivity contribution in [3.63, 3.8) is 0 Å². The van der Waals surface area contributed by atoms with Crippen molar-refractivity contribution in [3.05, 3.63) is 35.4 Å². The molecule has 1 N–H and O–H groups in total. The Kier molecular flexibility index (Phi) is 5.54. The molecule has 20 heavy (non-hydrogen) atoms. The number of aryl methyl sites for hydroxylation is 1. The van der Waals surface area contributed by atoms with E-state index < -0.39 is 10.0 Å². The summed E-state index contributed by atoms with van der Waals surface area (Å²) in [6.07, 6.45) is 1.15. The second-order valence-corrected chi connectivity index (χ2v) is 6.76. The van der Waals surface area contributed by atoms with Crippen molar-refractivity contribution in [1.82, 2.24) is 4.72 Å². The maximum atomic E-state index is 12.0. The Morgan fingerprint density at radius 1 is 1.30 bits per heavy atom. The summed E-state index contributed by atoms with van der Waals surface area (Å²) in [5.41, 5.74) is 1.85. The van der Waals surface area contributed by atoms with Crippen LogP contribution in [0.1, 0.15) is 24.0 Å². The highest BCUT2D eigenvalue weighted by Gasteiger charge is 2.16. The number of hydrogen-bond donors (Lipinski definition) is 1. The fraction of sp³-hybridized carbons (Fsp3) is 0.571. The molecule has 1 fully saturated rings. The van der Waals surface area contributed by atoms with Gasteiger partial charge >= 0.3 is 0 Å². The predicted octanol–water partition coefficient (Wildman–Crippen LogP) is 1.57. The van der Waals surface area contributed by atoms with E-state index in [1.165, 1.54) is 0 Å². The van der Waals surface area contributed by atoms with Crippen LogP contribution < -0.4 is 4.72 Å². The molecule has 0 unspecified atom stereocenters. The molecule has 1 aromatic rings. The van der Waals surface area contributed by atoms with Gasteiger partial charge in [0.05, 0.1) is 19.0 Å². The van der Waals surface area contributed by atoms with Gasteiger partial charge in [0, 0.05) is 13.0 Å². The van der Waals surface area contributed by atoms with Crippen LogP contribution >= 0.6 is 0 Å². The van der Waals surface area contributed by atoms with E-state index in [1.807, 2.05) is 31.2 Å². The Bertz CT molecular complexity index is 524. The maximum Gasteiger partial charge on any atom is 0.215 e. The summed E-state index contributed by atoms with van der Waals surface area (Å²) < 4.78 is 37.2. The van der Waals surface area contributed by atoms with Gasteiger partial charge in [-0.1, -0.05) is 29.8 Å². The largest absolute Gasteiger partial charge is 0.353 e. The average molecular weight is 299 g/mol. The molecule has 0 bridgehead atoms. The van der Waals surface area contributed by atoms with Crippen LogP contribution in [0.3, 0.4) is 0 Å². The summed E-state index contributed by atoms with van der Waals surface area (Å²) in [6.45, 7) is 3.64. The molecule has 0 saturated carbocycles. The Labute approximate surface area is 120 Å². The van der Waals surface area contributed by atoms with Gasteiger partial charge < -0.3 is 9.47 Å². The Balaban J connectivity index is 1.78. The first kappa shape index (κ1) is 15.4. The molecule has 112 valence electrons. The molecule has 6 heteroatoms. The van der Waals surface area contributed by atoms with Gasteiger partial charge in [-0.25, -0.2) is 13.1 Å². The quantitative estimate of drug-likeness (QED) is 0.866. The first-order valence-electron chi connectivity index (χ1n) is 6.81. The summed E-state index contributed by atoms with van der Waals surface area (Å²) in [5.74, 6) is 0.00105. The molecule has 2 rings (SSSR count). The van der Waals surface area contributed by atoms with Crippen LogP contribution in [0.5, 0.6) is 0 Å². The first-order chi connectivity index (χ1) is 9.55. The number of rotatable bonds is 6. The van der Waals surface area contributed by atoms with Crippen molar-refractivity contribution >= 4 is 10.0 Å². The molecule has 1 aromatic carbocycles. The van der Waals surface area contributed by atoms with Crippen LogP contribution in [-0.4, -0.2) is 34.5 Å². The fourth-order valence-corrected chi connectivity index (χ4v) is 3.26. The van der Waals surface area contributed by atoms with Gasteiger partial charge in [0.1, 0.15) is 0 Å². The van der Waals surface area contributed by atoms with Crippen LogP contribution in [0.4, 0.5) is 0 Å². The van der Waals surface area contributed by atoms with Crippen molar-refractivity contribution < 1.29 is 17.9 Å². The molecule has 0 aliphatic carbocycles.